The first kappa shape index (κ1) is 5.85. The summed E-state index contributed by atoms with van der Waals surface area (Å²) >= 11 is 3.22. The van der Waals surface area contributed by atoms with Crippen molar-refractivity contribution in [3.8, 4) is 0 Å². The van der Waals surface area contributed by atoms with Crippen molar-refractivity contribution >= 4 is 27.0 Å². The molecule has 0 atom stereocenters. The van der Waals surface area contributed by atoms with Crippen LogP contribution in [-0.2, 0) is 0 Å². The summed E-state index contributed by atoms with van der Waals surface area (Å²) in [7, 11) is 0. The third-order valence-corrected chi connectivity index (χ3v) is 1.62. The van der Waals surface area contributed by atoms with Crippen molar-refractivity contribution in [3.05, 3.63) is 23.3 Å². The smallest absolute Gasteiger partial charge is 0.182 e. The Labute approximate surface area is 65.2 Å². The van der Waals surface area contributed by atoms with Gasteiger partial charge < -0.3 is 4.42 Å². The molecule has 0 N–H and O–H groups in total. The highest BCUT2D eigenvalue weighted by molar-refractivity contribution is 9.10. The van der Waals surface area contributed by atoms with Gasteiger partial charge in [-0.25, -0.2) is 9.97 Å². The molecule has 0 aliphatic carbocycles. The van der Waals surface area contributed by atoms with Crippen molar-refractivity contribution in [3.63, 3.8) is 0 Å². The van der Waals surface area contributed by atoms with Crippen LogP contribution in [0.5, 0.6) is 0 Å². The Balaban J connectivity index is 2.86. The van der Waals surface area contributed by atoms with E-state index in [1.807, 2.05) is 0 Å². The molecule has 0 bridgehead atoms. The number of nitrogens with zero attached hydrogens (tertiary/aromatic N) is 2. The monoisotopic (exact) mass is 198 g/mol. The SMILES string of the molecule is Brc1cc2ncoc2cn1. The molecular weight excluding hydrogens is 196 g/mol. The second kappa shape index (κ2) is 2.05. The fraction of sp³-hybridized carbons (Fsp3) is 0. The standard InChI is InChI=1S/C6H3BrN2O/c7-6-1-4-5(2-8-6)10-3-9-4/h1-3H. The highest BCUT2D eigenvalue weighted by Gasteiger charge is 1.97. The number of halogens is 1. The molecule has 3 nitrogen and oxygen atoms in total. The first-order valence-corrected chi connectivity index (χ1v) is 3.50. The quantitative estimate of drug-likeness (QED) is 0.609. The molecule has 2 rings (SSSR count). The molecule has 0 fully saturated rings. The van der Waals surface area contributed by atoms with E-state index in [4.69, 9.17) is 4.42 Å². The van der Waals surface area contributed by atoms with Crippen LogP contribution in [0.1, 0.15) is 0 Å². The summed E-state index contributed by atoms with van der Waals surface area (Å²) in [6.07, 6.45) is 3.03. The maximum absolute atomic E-state index is 4.98. The van der Waals surface area contributed by atoms with Crippen LogP contribution in [0.15, 0.2) is 27.7 Å². The van der Waals surface area contributed by atoms with E-state index in [0.29, 0.717) is 5.58 Å². The minimum atomic E-state index is 0.711. The molecule has 0 saturated heterocycles. The van der Waals surface area contributed by atoms with Gasteiger partial charge in [0, 0.05) is 6.07 Å². The fourth-order valence-corrected chi connectivity index (χ4v) is 1.06. The van der Waals surface area contributed by atoms with Gasteiger partial charge in [-0.1, -0.05) is 0 Å². The van der Waals surface area contributed by atoms with Gasteiger partial charge in [-0.05, 0) is 15.9 Å². The molecule has 0 radical (unpaired) electrons. The number of hydrogen-bond donors (Lipinski definition) is 0. The van der Waals surface area contributed by atoms with Crippen LogP contribution >= 0.6 is 15.9 Å². The van der Waals surface area contributed by atoms with Crippen LogP contribution in [0.3, 0.4) is 0 Å². The lowest BCUT2D eigenvalue weighted by Gasteiger charge is -1.85. The second-order valence-electron chi connectivity index (χ2n) is 1.83. The van der Waals surface area contributed by atoms with Crippen LogP contribution < -0.4 is 0 Å². The van der Waals surface area contributed by atoms with Gasteiger partial charge in [-0.15, -0.1) is 0 Å². The first-order chi connectivity index (χ1) is 4.86. The summed E-state index contributed by atoms with van der Waals surface area (Å²) in [6, 6.07) is 1.80. The Morgan fingerprint density at radius 2 is 2.30 bits per heavy atom. The molecule has 0 aliphatic rings. The Kier molecular flexibility index (Phi) is 1.20. The number of fused-ring (bicyclic) bond motifs is 1. The highest BCUT2D eigenvalue weighted by atomic mass is 79.9. The van der Waals surface area contributed by atoms with Crippen LogP contribution in [0.2, 0.25) is 0 Å². The predicted molar refractivity (Wildman–Crippen MR) is 39.5 cm³/mol. The Morgan fingerprint density at radius 3 is 3.20 bits per heavy atom. The van der Waals surface area contributed by atoms with Crippen LogP contribution in [0, 0.1) is 0 Å². The van der Waals surface area contributed by atoms with E-state index in [0.717, 1.165) is 10.1 Å². The van der Waals surface area contributed by atoms with Gasteiger partial charge in [0.2, 0.25) is 0 Å². The molecule has 10 heavy (non-hydrogen) atoms. The highest BCUT2D eigenvalue weighted by Crippen LogP contribution is 2.14. The minimum Gasteiger partial charge on any atom is -0.442 e. The maximum Gasteiger partial charge on any atom is 0.182 e. The lowest BCUT2D eigenvalue weighted by molar-refractivity contribution is 0.600. The number of aromatic nitrogens is 2. The zero-order valence-electron chi connectivity index (χ0n) is 4.91. The van der Waals surface area contributed by atoms with E-state index in [-0.39, 0.29) is 0 Å². The zero-order chi connectivity index (χ0) is 6.97. The maximum atomic E-state index is 4.98. The van der Waals surface area contributed by atoms with Gasteiger partial charge in [-0.2, -0.15) is 0 Å². The summed E-state index contributed by atoms with van der Waals surface area (Å²) in [5.41, 5.74) is 1.53. The van der Waals surface area contributed by atoms with Crippen molar-refractivity contribution in [2.45, 2.75) is 0 Å². The normalized spacial score (nSPS) is 10.5. The van der Waals surface area contributed by atoms with Gasteiger partial charge in [0.1, 0.15) is 10.1 Å². The fourth-order valence-electron chi connectivity index (χ4n) is 0.739. The summed E-state index contributed by atoms with van der Waals surface area (Å²) in [5.74, 6) is 0. The second-order valence-corrected chi connectivity index (χ2v) is 2.64. The molecule has 0 aromatic carbocycles. The zero-order valence-corrected chi connectivity index (χ0v) is 6.50. The molecule has 0 amide bonds. The Hall–Kier alpha value is -0.900. The summed E-state index contributed by atoms with van der Waals surface area (Å²) in [5, 5.41) is 0. The van der Waals surface area contributed by atoms with Crippen molar-refractivity contribution < 1.29 is 4.42 Å². The van der Waals surface area contributed by atoms with E-state index < -0.39 is 0 Å². The number of hydrogen-bond acceptors (Lipinski definition) is 3. The minimum absolute atomic E-state index is 0.711. The largest absolute Gasteiger partial charge is 0.442 e. The van der Waals surface area contributed by atoms with Gasteiger partial charge in [0.15, 0.2) is 12.0 Å². The molecule has 0 saturated carbocycles. The first-order valence-electron chi connectivity index (χ1n) is 2.71. The van der Waals surface area contributed by atoms with E-state index in [2.05, 4.69) is 25.9 Å². The molecule has 2 aromatic heterocycles. The number of pyridine rings is 1. The van der Waals surface area contributed by atoms with Crippen LogP contribution in [0.4, 0.5) is 0 Å². The third-order valence-electron chi connectivity index (χ3n) is 1.18. The van der Waals surface area contributed by atoms with Crippen molar-refractivity contribution in [2.24, 2.45) is 0 Å². The molecular formula is C6H3BrN2O. The number of rotatable bonds is 0. The van der Waals surface area contributed by atoms with Gasteiger partial charge in [0.05, 0.1) is 6.20 Å². The van der Waals surface area contributed by atoms with Crippen LogP contribution in [0.25, 0.3) is 11.1 Å². The van der Waals surface area contributed by atoms with E-state index in [9.17, 15) is 0 Å². The molecule has 2 aromatic rings. The Morgan fingerprint density at radius 1 is 1.40 bits per heavy atom. The average Bonchev–Trinajstić information content (AvgIpc) is 2.33. The van der Waals surface area contributed by atoms with Gasteiger partial charge in [0.25, 0.3) is 0 Å². The number of oxazole rings is 1. The van der Waals surface area contributed by atoms with E-state index in [1.54, 1.807) is 12.3 Å². The van der Waals surface area contributed by atoms with Crippen molar-refractivity contribution in [1.29, 1.82) is 0 Å². The van der Waals surface area contributed by atoms with Crippen LogP contribution in [-0.4, -0.2) is 9.97 Å². The summed E-state index contributed by atoms with van der Waals surface area (Å²) in [6.45, 7) is 0. The summed E-state index contributed by atoms with van der Waals surface area (Å²) in [4.78, 5) is 7.91. The summed E-state index contributed by atoms with van der Waals surface area (Å²) < 4.78 is 5.75. The molecule has 2 heterocycles. The lowest BCUT2D eigenvalue weighted by Crippen LogP contribution is -1.72. The molecule has 4 heteroatoms. The third kappa shape index (κ3) is 0.806. The molecule has 0 aliphatic heterocycles. The van der Waals surface area contributed by atoms with Crippen molar-refractivity contribution in [1.82, 2.24) is 9.97 Å². The van der Waals surface area contributed by atoms with Crippen molar-refractivity contribution in [2.75, 3.05) is 0 Å². The molecule has 50 valence electrons. The van der Waals surface area contributed by atoms with Gasteiger partial charge >= 0.3 is 0 Å². The molecule has 0 unspecified atom stereocenters. The van der Waals surface area contributed by atoms with E-state index in [1.165, 1.54) is 6.39 Å². The van der Waals surface area contributed by atoms with Gasteiger partial charge in [-0.3, -0.25) is 0 Å². The average molecular weight is 199 g/mol. The molecule has 0 spiro atoms. The predicted octanol–water partition coefficient (Wildman–Crippen LogP) is 1.99. The topological polar surface area (TPSA) is 38.9 Å². The van der Waals surface area contributed by atoms with E-state index >= 15 is 0 Å². The Bertz CT molecular complexity index is 357. The lowest BCUT2D eigenvalue weighted by atomic mass is 10.4.